The fourth-order valence-electron chi connectivity index (χ4n) is 3.31. The molecule has 0 aliphatic heterocycles. The van der Waals surface area contributed by atoms with Crippen molar-refractivity contribution in [1.82, 2.24) is 5.32 Å². The highest BCUT2D eigenvalue weighted by Crippen LogP contribution is 2.33. The number of alkyl carbamates (subject to hydrolysis) is 1. The van der Waals surface area contributed by atoms with Crippen LogP contribution in [0, 0.1) is 17.8 Å². The smallest absolute Gasteiger partial charge is 0.407 e. The van der Waals surface area contributed by atoms with Gasteiger partial charge in [-0.1, -0.05) is 33.8 Å². The Balaban J connectivity index is 3.09. The molecule has 25 heavy (non-hydrogen) atoms. The minimum atomic E-state index is -0.791. The molecule has 1 amide bonds. The third kappa shape index (κ3) is 6.28. The van der Waals surface area contributed by atoms with Crippen molar-refractivity contribution < 1.29 is 24.1 Å². The normalized spacial score (nSPS) is 30.6. The zero-order valence-corrected chi connectivity index (χ0v) is 16.8. The fourth-order valence-corrected chi connectivity index (χ4v) is 3.31. The van der Waals surface area contributed by atoms with E-state index in [-0.39, 0.29) is 30.7 Å². The molecule has 0 aromatic heterocycles. The topological polar surface area (TPSA) is 77.0 Å². The molecule has 0 unspecified atom stereocenters. The predicted molar refractivity (Wildman–Crippen MR) is 97.2 cm³/mol. The number of hydrogen-bond acceptors (Lipinski definition) is 5. The molecule has 0 radical (unpaired) electrons. The summed E-state index contributed by atoms with van der Waals surface area (Å²) in [7, 11) is 1.58. The molecule has 1 rings (SSSR count). The van der Waals surface area contributed by atoms with Crippen LogP contribution in [0.3, 0.4) is 0 Å². The average molecular weight is 357 g/mol. The van der Waals surface area contributed by atoms with Crippen LogP contribution in [-0.4, -0.2) is 49.0 Å². The van der Waals surface area contributed by atoms with Crippen molar-refractivity contribution in [1.29, 1.82) is 0 Å². The van der Waals surface area contributed by atoms with Gasteiger partial charge in [0.15, 0.2) is 0 Å². The number of amides is 1. The number of aliphatic hydroxyl groups is 1. The first-order valence-electron chi connectivity index (χ1n) is 8.97. The molecule has 0 aromatic rings. The van der Waals surface area contributed by atoms with Gasteiger partial charge in [-0.05, 0) is 32.3 Å². The second-order valence-electron chi connectivity index (χ2n) is 8.19. The Kier molecular flexibility index (Phi) is 7.90. The second-order valence-corrected chi connectivity index (χ2v) is 8.19. The van der Waals surface area contributed by atoms with Gasteiger partial charge in [0.25, 0.3) is 0 Å². The molecule has 146 valence electrons. The molecule has 0 spiro atoms. The van der Waals surface area contributed by atoms with Crippen LogP contribution in [-0.2, 0) is 14.2 Å². The lowest BCUT2D eigenvalue weighted by Gasteiger charge is -2.34. The number of hydrogen-bond donors (Lipinski definition) is 2. The zero-order chi connectivity index (χ0) is 19.4. The van der Waals surface area contributed by atoms with Gasteiger partial charge in [0, 0.05) is 18.9 Å². The zero-order valence-electron chi connectivity index (χ0n) is 16.8. The molecule has 0 saturated carbocycles. The van der Waals surface area contributed by atoms with Crippen molar-refractivity contribution in [2.75, 3.05) is 13.9 Å². The summed E-state index contributed by atoms with van der Waals surface area (Å²) in [6.45, 7) is 13.7. The molecular formula is C19H35NO5. The highest BCUT2D eigenvalue weighted by Gasteiger charge is 2.40. The van der Waals surface area contributed by atoms with Crippen LogP contribution in [0.5, 0.6) is 0 Å². The van der Waals surface area contributed by atoms with Gasteiger partial charge in [0.05, 0.1) is 18.2 Å². The van der Waals surface area contributed by atoms with Gasteiger partial charge in [-0.3, -0.25) is 0 Å². The number of carbonyl (C=O) groups is 1. The fraction of sp³-hybridized carbons (Fsp3) is 0.842. The summed E-state index contributed by atoms with van der Waals surface area (Å²) in [5, 5.41) is 13.8. The molecule has 6 heteroatoms. The Morgan fingerprint density at radius 2 is 1.92 bits per heavy atom. The Labute approximate surface area is 151 Å². The Morgan fingerprint density at radius 1 is 1.32 bits per heavy atom. The van der Waals surface area contributed by atoms with E-state index < -0.39 is 23.8 Å². The molecule has 0 saturated heterocycles. The molecule has 1 aliphatic carbocycles. The van der Waals surface area contributed by atoms with E-state index in [0.717, 1.165) is 5.57 Å². The Hall–Kier alpha value is -1.11. The summed E-state index contributed by atoms with van der Waals surface area (Å²) in [6.07, 6.45) is 0.543. The van der Waals surface area contributed by atoms with Gasteiger partial charge < -0.3 is 24.6 Å². The van der Waals surface area contributed by atoms with Crippen molar-refractivity contribution in [3.8, 4) is 0 Å². The van der Waals surface area contributed by atoms with E-state index in [9.17, 15) is 9.90 Å². The van der Waals surface area contributed by atoms with Crippen LogP contribution in [0.2, 0.25) is 0 Å². The highest BCUT2D eigenvalue weighted by molar-refractivity contribution is 5.68. The molecular weight excluding hydrogens is 322 g/mol. The number of rotatable bonds is 5. The Morgan fingerprint density at radius 3 is 2.40 bits per heavy atom. The first kappa shape index (κ1) is 21.9. The first-order valence-corrected chi connectivity index (χ1v) is 8.97. The largest absolute Gasteiger partial charge is 0.444 e. The Bertz CT molecular complexity index is 469. The summed E-state index contributed by atoms with van der Waals surface area (Å²) in [5.41, 5.74) is 0.308. The third-order valence-electron chi connectivity index (χ3n) is 4.47. The van der Waals surface area contributed by atoms with Crippen LogP contribution >= 0.6 is 0 Å². The van der Waals surface area contributed by atoms with E-state index in [4.69, 9.17) is 14.2 Å². The number of ether oxygens (including phenoxy) is 3. The molecule has 1 aliphatic rings. The van der Waals surface area contributed by atoms with Gasteiger partial charge >= 0.3 is 6.09 Å². The SMILES string of the molecule is COCO[C@H]1[C@@H](C)[C@H](NC(=O)OC(C)(C)C)[C@H](O)C(C(C)C)=C[C@H]1C. The van der Waals surface area contributed by atoms with E-state index in [2.05, 4.69) is 18.3 Å². The van der Waals surface area contributed by atoms with Crippen molar-refractivity contribution in [3.63, 3.8) is 0 Å². The van der Waals surface area contributed by atoms with Crippen LogP contribution in [0.15, 0.2) is 11.6 Å². The summed E-state index contributed by atoms with van der Waals surface area (Å²) in [4.78, 5) is 12.3. The molecule has 0 bridgehead atoms. The first-order chi connectivity index (χ1) is 11.5. The van der Waals surface area contributed by atoms with Gasteiger partial charge in [-0.15, -0.1) is 0 Å². The molecule has 5 atom stereocenters. The van der Waals surface area contributed by atoms with E-state index >= 15 is 0 Å². The maximum Gasteiger partial charge on any atom is 0.407 e. The van der Waals surface area contributed by atoms with Crippen molar-refractivity contribution in [2.45, 2.75) is 72.3 Å². The average Bonchev–Trinajstić information content (AvgIpc) is 2.54. The summed E-state index contributed by atoms with van der Waals surface area (Å²) >= 11 is 0. The van der Waals surface area contributed by atoms with Crippen LogP contribution in [0.1, 0.15) is 48.5 Å². The second kappa shape index (κ2) is 9.01. The minimum Gasteiger partial charge on any atom is -0.444 e. The lowest BCUT2D eigenvalue weighted by atomic mass is 9.87. The number of aliphatic hydroxyl groups excluding tert-OH is 1. The monoisotopic (exact) mass is 357 g/mol. The van der Waals surface area contributed by atoms with Crippen molar-refractivity contribution in [3.05, 3.63) is 11.6 Å². The van der Waals surface area contributed by atoms with E-state index in [1.165, 1.54) is 0 Å². The van der Waals surface area contributed by atoms with Crippen LogP contribution in [0.25, 0.3) is 0 Å². The summed E-state index contributed by atoms with van der Waals surface area (Å²) < 4.78 is 16.3. The standard InChI is InChI=1S/C19H35NO5/c1-11(2)14-9-12(3)17(24-10-23-8)13(4)15(16(14)21)20-18(22)25-19(5,6)7/h9,11-13,15-17,21H,10H2,1-8H3,(H,20,22)/t12-,13+,15+,16-,17-/m1/s1. The number of carbonyl (C=O) groups excluding carboxylic acids is 1. The summed E-state index contributed by atoms with van der Waals surface area (Å²) in [6, 6.07) is -0.504. The molecule has 0 heterocycles. The highest BCUT2D eigenvalue weighted by atomic mass is 16.7. The van der Waals surface area contributed by atoms with Gasteiger partial charge in [0.2, 0.25) is 0 Å². The van der Waals surface area contributed by atoms with Crippen molar-refractivity contribution >= 4 is 6.09 Å². The molecule has 0 fully saturated rings. The summed E-state index contributed by atoms with van der Waals surface area (Å²) in [5.74, 6) is 0.122. The van der Waals surface area contributed by atoms with E-state index in [0.29, 0.717) is 0 Å². The number of nitrogens with one attached hydrogen (secondary N) is 1. The quantitative estimate of drug-likeness (QED) is 0.584. The lowest BCUT2D eigenvalue weighted by Crippen LogP contribution is -2.52. The van der Waals surface area contributed by atoms with Crippen LogP contribution < -0.4 is 5.32 Å². The minimum absolute atomic E-state index is 0.0858. The van der Waals surface area contributed by atoms with Gasteiger partial charge in [-0.25, -0.2) is 4.79 Å². The number of methoxy groups -OCH3 is 1. The van der Waals surface area contributed by atoms with Crippen molar-refractivity contribution in [2.24, 2.45) is 17.8 Å². The van der Waals surface area contributed by atoms with Crippen LogP contribution in [0.4, 0.5) is 4.79 Å². The third-order valence-corrected chi connectivity index (χ3v) is 4.47. The molecule has 0 aromatic carbocycles. The molecule has 6 nitrogen and oxygen atoms in total. The lowest BCUT2D eigenvalue weighted by molar-refractivity contribution is -0.108. The maximum absolute atomic E-state index is 12.3. The maximum atomic E-state index is 12.3. The molecule has 2 N–H and O–H groups in total. The van der Waals surface area contributed by atoms with E-state index in [1.54, 1.807) is 7.11 Å². The predicted octanol–water partition coefficient (Wildman–Crippen LogP) is 3.10. The van der Waals surface area contributed by atoms with Gasteiger partial charge in [-0.2, -0.15) is 0 Å². The van der Waals surface area contributed by atoms with E-state index in [1.807, 2.05) is 41.5 Å². The van der Waals surface area contributed by atoms with Gasteiger partial charge in [0.1, 0.15) is 12.4 Å².